The molecule has 9 heterocycles. The molecule has 29 rings (SSSR count). The van der Waals surface area contributed by atoms with Gasteiger partial charge in [0.05, 0.1) is 77.4 Å². The van der Waals surface area contributed by atoms with Gasteiger partial charge in [0.25, 0.3) is 0 Å². The number of nitrogens with zero attached hydrogens (tertiary/aromatic N) is 10. The number of rotatable bonds is 14. The van der Waals surface area contributed by atoms with Crippen molar-refractivity contribution >= 4 is 160 Å². The van der Waals surface area contributed by atoms with E-state index in [1.54, 1.807) is 0 Å². The van der Waals surface area contributed by atoms with Gasteiger partial charge in [0.15, 0.2) is 0 Å². The first-order chi connectivity index (χ1) is 71.7. The highest BCUT2D eigenvalue weighted by Crippen LogP contribution is 2.47. The number of halogens is 1. The second kappa shape index (κ2) is 35.3. The topological polar surface area (TPSA) is 126 Å². The van der Waals surface area contributed by atoms with Crippen LogP contribution in [0.5, 0.6) is 0 Å². The fourth-order valence-corrected chi connectivity index (χ4v) is 21.8. The predicted octanol–water partition coefficient (Wildman–Crippen LogP) is 33.1. The predicted molar refractivity (Wildman–Crippen MR) is 603 cm³/mol. The van der Waals surface area contributed by atoms with Crippen LogP contribution in [-0.4, -0.2) is 65.7 Å². The number of hydrogen-bond donors (Lipinski definition) is 0. The fraction of sp³-hybridized carbons (Fsp3) is 0.0462. The molecule has 0 unspecified atom stereocenters. The lowest BCUT2D eigenvalue weighted by Gasteiger charge is -2.32. The van der Waals surface area contributed by atoms with E-state index < -0.39 is 18.3 Å². The van der Waals surface area contributed by atoms with Gasteiger partial charge in [-0.05, 0) is 303 Å². The van der Waals surface area contributed by atoms with Crippen molar-refractivity contribution in [1.82, 2.24) is 47.3 Å². The largest absolute Gasteiger partial charge is 0.494 e. The van der Waals surface area contributed by atoms with Crippen molar-refractivity contribution in [3.63, 3.8) is 0 Å². The molecular weight excluding hydrogens is 1860 g/mol. The molecule has 20 aromatic carbocycles. The van der Waals surface area contributed by atoms with Crippen LogP contribution in [0.15, 0.2) is 486 Å². The van der Waals surface area contributed by atoms with Crippen LogP contribution in [0.1, 0.15) is 27.7 Å². The maximum Gasteiger partial charge on any atom is 0.494 e. The fourth-order valence-electron chi connectivity index (χ4n) is 21.4. The standard InChI is InChI=1S/C62H39N5O.C38H33BN4O2.C30H18BrNO/c1-4-16-46(17-5-1)65-55-25-13-10-22-49(55)50-37-40(28-31-56(50)65)41-29-32-59-51(38-41)52-39-42(30-33-60(52)68-59)43-34-44(61-63-53-23-11-14-26-57(53)66(61)47-18-6-2-7-19-47)36-45(35-43)62-64-54-24-12-15-27-58(54)67(62)48-20-8-3-9-21-48;1-37(2)38(3,4)45-39(44-37)28-24-26(35-40-31-19-11-13-21-33(31)42(35)29-15-7-5-8-16-29)23-27(25-28)36-41-32-20-12-14-22-34(32)43(36)30-17-9-6-10-18-30;31-21-12-15-30-26(18-21)25-17-20(11-14-29(25)33-30)19-10-13-28-24(16-19)23-8-4-5-9-27(23)32(28)22-6-2-1-3-7-22/h1-39H;5-25H,1-4H3;1-18H. The molecule has 1 aliphatic heterocycles. The van der Waals surface area contributed by atoms with Gasteiger partial charge in [-0.25, -0.2) is 19.9 Å². The summed E-state index contributed by atoms with van der Waals surface area (Å²) in [5, 5.41) is 9.36. The zero-order chi connectivity index (χ0) is 97.4. The summed E-state index contributed by atoms with van der Waals surface area (Å²) < 4.78 is 40.6. The molecule has 0 radical (unpaired) electrons. The normalized spacial score (nSPS) is 13.0. The number of aromatic nitrogens is 10. The highest BCUT2D eigenvalue weighted by molar-refractivity contribution is 9.10. The van der Waals surface area contributed by atoms with Gasteiger partial charge in [0.2, 0.25) is 0 Å². The number of imidazole rings is 4. The quantitative estimate of drug-likeness (QED) is 0.0986. The summed E-state index contributed by atoms with van der Waals surface area (Å²) in [6.45, 7) is 8.34. The van der Waals surface area contributed by atoms with Crippen LogP contribution in [0, 0.1) is 0 Å². The Morgan fingerprint density at radius 2 is 0.438 bits per heavy atom. The Labute approximate surface area is 849 Å². The van der Waals surface area contributed by atoms with Crippen molar-refractivity contribution in [1.29, 1.82) is 0 Å². The maximum absolute atomic E-state index is 6.60. The van der Waals surface area contributed by atoms with Gasteiger partial charge in [-0.3, -0.25) is 18.3 Å². The molecule has 28 aromatic rings. The van der Waals surface area contributed by atoms with Gasteiger partial charge >= 0.3 is 7.12 Å². The number of fused-ring (bicyclic) bond motifs is 16. The molecule has 0 spiro atoms. The van der Waals surface area contributed by atoms with Gasteiger partial charge in [0.1, 0.15) is 45.6 Å². The molecule has 0 atom stereocenters. The molecule has 14 nitrogen and oxygen atoms in total. The van der Waals surface area contributed by atoms with E-state index >= 15 is 0 Å². The summed E-state index contributed by atoms with van der Waals surface area (Å²) in [5.41, 5.74) is 33.3. The van der Waals surface area contributed by atoms with E-state index in [1.165, 1.54) is 60.4 Å². The molecule has 694 valence electrons. The minimum Gasteiger partial charge on any atom is -0.456 e. The second-order valence-corrected chi connectivity index (χ2v) is 39.3. The highest BCUT2D eigenvalue weighted by atomic mass is 79.9. The molecule has 0 bridgehead atoms. The average Bonchev–Trinajstić information content (AvgIpc) is 1.63. The molecule has 16 heteroatoms. The van der Waals surface area contributed by atoms with Gasteiger partial charge in [-0.2, -0.15) is 0 Å². The Hall–Kier alpha value is -18.1. The summed E-state index contributed by atoms with van der Waals surface area (Å²) in [4.78, 5) is 21.1. The zero-order valence-electron chi connectivity index (χ0n) is 80.1. The van der Waals surface area contributed by atoms with E-state index in [4.69, 9.17) is 38.1 Å². The summed E-state index contributed by atoms with van der Waals surface area (Å²) in [7, 11) is -0.558. The molecule has 0 amide bonds. The van der Waals surface area contributed by atoms with E-state index in [0.717, 1.165) is 194 Å². The number of para-hydroxylation sites is 16. The molecule has 1 fully saturated rings. The van der Waals surface area contributed by atoms with Crippen LogP contribution in [0.4, 0.5) is 0 Å². The smallest absolute Gasteiger partial charge is 0.456 e. The maximum atomic E-state index is 6.60. The Balaban J connectivity index is 0.000000117. The van der Waals surface area contributed by atoms with Crippen LogP contribution in [0.25, 0.3) is 245 Å². The molecular formula is C130H90BBrN10O4. The third kappa shape index (κ3) is 15.1. The van der Waals surface area contributed by atoms with Crippen molar-refractivity contribution in [3.8, 4) is 113 Å². The first kappa shape index (κ1) is 87.0. The van der Waals surface area contributed by atoms with Crippen molar-refractivity contribution in [3.05, 3.63) is 478 Å². The average molecular weight is 1950 g/mol. The lowest BCUT2D eigenvalue weighted by atomic mass is 9.77. The molecule has 1 saturated heterocycles. The molecule has 0 aliphatic carbocycles. The van der Waals surface area contributed by atoms with Crippen LogP contribution in [0.3, 0.4) is 0 Å². The second-order valence-electron chi connectivity index (χ2n) is 38.4. The lowest BCUT2D eigenvalue weighted by Crippen LogP contribution is -2.41. The zero-order valence-corrected chi connectivity index (χ0v) is 81.7. The minimum atomic E-state index is -0.558. The Kier molecular flexibility index (Phi) is 21.0. The van der Waals surface area contributed by atoms with Crippen molar-refractivity contribution in [2.24, 2.45) is 0 Å². The summed E-state index contributed by atoms with van der Waals surface area (Å²) >= 11 is 3.59. The summed E-state index contributed by atoms with van der Waals surface area (Å²) in [6.07, 6.45) is 0. The van der Waals surface area contributed by atoms with Crippen LogP contribution in [0.2, 0.25) is 0 Å². The van der Waals surface area contributed by atoms with Crippen molar-refractivity contribution in [2.45, 2.75) is 38.9 Å². The molecule has 0 saturated carbocycles. The molecule has 0 N–H and O–H groups in total. The lowest BCUT2D eigenvalue weighted by molar-refractivity contribution is 0.00578. The van der Waals surface area contributed by atoms with E-state index in [2.05, 4.69) is 508 Å². The van der Waals surface area contributed by atoms with E-state index in [-0.39, 0.29) is 0 Å². The monoisotopic (exact) mass is 1940 g/mol. The molecule has 1 aliphatic rings. The number of hydrogen-bond acceptors (Lipinski definition) is 8. The first-order valence-corrected chi connectivity index (χ1v) is 50.1. The summed E-state index contributed by atoms with van der Waals surface area (Å²) in [6, 6.07) is 166. The first-order valence-electron chi connectivity index (χ1n) is 49.3. The van der Waals surface area contributed by atoms with Gasteiger partial charge in [0, 0.05) is 104 Å². The summed E-state index contributed by atoms with van der Waals surface area (Å²) in [5.74, 6) is 3.38. The Morgan fingerprint density at radius 1 is 0.199 bits per heavy atom. The number of furan rings is 2. The van der Waals surface area contributed by atoms with E-state index in [0.29, 0.717) is 0 Å². The third-order valence-corrected chi connectivity index (χ3v) is 29.5. The SMILES string of the molecule is Brc1ccc2oc3ccc(-c4ccc5c(c4)c4ccccc4n5-c4ccccc4)cc3c2c1.CC1(C)OB(c2cc(-c3nc4ccccc4n3-c3ccccc3)cc(-c3nc4ccccc4n3-c3ccccc3)c2)OC1(C)C.c1ccc(-n2c(-c3cc(-c4ccc5oc6ccc(-c7ccc8c(c7)c7ccccc7n8-c7ccccc7)cc6c5c4)cc(-c4nc5ccccc5n4-c4ccccc4)c3)nc3ccccc32)cc1. The van der Waals surface area contributed by atoms with Gasteiger partial charge < -0.3 is 27.3 Å². The van der Waals surface area contributed by atoms with Crippen LogP contribution in [-0.2, 0) is 9.31 Å². The van der Waals surface area contributed by atoms with E-state index in [1.807, 2.05) is 36.4 Å². The minimum absolute atomic E-state index is 0.484. The molecule has 146 heavy (non-hydrogen) atoms. The van der Waals surface area contributed by atoms with Crippen molar-refractivity contribution < 1.29 is 18.1 Å². The van der Waals surface area contributed by atoms with Crippen LogP contribution >= 0.6 is 15.9 Å². The third-order valence-electron chi connectivity index (χ3n) is 29.0. The van der Waals surface area contributed by atoms with Gasteiger partial charge in [-0.1, -0.05) is 253 Å². The Bertz CT molecular complexity index is 9710. The molecule has 8 aromatic heterocycles. The highest BCUT2D eigenvalue weighted by Gasteiger charge is 2.52. The van der Waals surface area contributed by atoms with E-state index in [9.17, 15) is 0 Å². The van der Waals surface area contributed by atoms with Crippen molar-refractivity contribution in [2.75, 3.05) is 0 Å². The Morgan fingerprint density at radius 3 is 0.767 bits per heavy atom. The number of benzene rings is 20. The van der Waals surface area contributed by atoms with Crippen LogP contribution < -0.4 is 5.46 Å². The van der Waals surface area contributed by atoms with Gasteiger partial charge in [-0.15, -0.1) is 0 Å².